The molecule has 1 aliphatic carbocycles. The summed E-state index contributed by atoms with van der Waals surface area (Å²) in [6.45, 7) is 1.77. The molecule has 0 unspecified atom stereocenters. The molecule has 0 radical (unpaired) electrons. The van der Waals surface area contributed by atoms with Crippen molar-refractivity contribution in [2.24, 2.45) is 5.92 Å². The molecule has 8 heteroatoms. The fraction of sp³-hybridized carbons (Fsp3) is 0.364. The third kappa shape index (κ3) is 4.58. The van der Waals surface area contributed by atoms with Gasteiger partial charge in [0.05, 0.1) is 5.56 Å². The molecule has 2 aliphatic rings. The van der Waals surface area contributed by atoms with E-state index < -0.39 is 11.7 Å². The fourth-order valence-corrected chi connectivity index (χ4v) is 3.52. The predicted molar refractivity (Wildman–Crippen MR) is 107 cm³/mol. The molecule has 0 spiro atoms. The van der Waals surface area contributed by atoms with Crippen LogP contribution >= 0.6 is 0 Å². The van der Waals surface area contributed by atoms with Crippen molar-refractivity contribution in [3.05, 3.63) is 59.7 Å². The maximum absolute atomic E-state index is 12.9. The molecule has 0 bridgehead atoms. The molecule has 0 aromatic heterocycles. The largest absolute Gasteiger partial charge is 0.416 e. The number of halogens is 3. The van der Waals surface area contributed by atoms with E-state index in [1.807, 2.05) is 4.90 Å². The van der Waals surface area contributed by atoms with Crippen LogP contribution in [0.25, 0.3) is 0 Å². The average molecular weight is 417 g/mol. The normalized spacial score (nSPS) is 17.0. The molecule has 2 fully saturated rings. The molecule has 1 saturated heterocycles. The van der Waals surface area contributed by atoms with Crippen molar-refractivity contribution >= 4 is 23.2 Å². The minimum atomic E-state index is -4.38. The Bertz CT molecular complexity index is 931. The van der Waals surface area contributed by atoms with Crippen molar-refractivity contribution in [1.29, 1.82) is 0 Å². The van der Waals surface area contributed by atoms with Crippen molar-refractivity contribution < 1.29 is 22.8 Å². The number of carbonyl (C=O) groups is 2. The molecule has 4 rings (SSSR count). The molecule has 1 aliphatic heterocycles. The van der Waals surface area contributed by atoms with Crippen molar-refractivity contribution in [1.82, 2.24) is 4.90 Å². The predicted octanol–water partition coefficient (Wildman–Crippen LogP) is 4.02. The van der Waals surface area contributed by atoms with E-state index in [4.69, 9.17) is 0 Å². The molecule has 158 valence electrons. The first kappa shape index (κ1) is 20.3. The molecule has 30 heavy (non-hydrogen) atoms. The highest BCUT2D eigenvalue weighted by Crippen LogP contribution is 2.32. The zero-order valence-corrected chi connectivity index (χ0v) is 16.3. The van der Waals surface area contributed by atoms with E-state index in [-0.39, 0.29) is 17.7 Å². The van der Waals surface area contributed by atoms with Gasteiger partial charge in [-0.3, -0.25) is 9.59 Å². The van der Waals surface area contributed by atoms with Crippen LogP contribution in [0, 0.1) is 5.92 Å². The van der Waals surface area contributed by atoms with Crippen LogP contribution in [-0.2, 0) is 11.0 Å². The van der Waals surface area contributed by atoms with Gasteiger partial charge in [-0.25, -0.2) is 0 Å². The molecule has 2 aromatic carbocycles. The van der Waals surface area contributed by atoms with Gasteiger partial charge >= 0.3 is 6.18 Å². The summed E-state index contributed by atoms with van der Waals surface area (Å²) >= 11 is 0. The summed E-state index contributed by atoms with van der Waals surface area (Å²) < 4.78 is 38.8. The summed E-state index contributed by atoms with van der Waals surface area (Å²) in [6.07, 6.45) is -2.53. The minimum absolute atomic E-state index is 0.0137. The molecule has 1 saturated carbocycles. The number of benzene rings is 2. The SMILES string of the molecule is O=C(Nc1ccc(C(=O)N2CCN(c3cccc(C(F)(F)F)c3)CC2)cc1)C1CC1. The lowest BCUT2D eigenvalue weighted by atomic mass is 10.1. The van der Waals surface area contributed by atoms with E-state index in [1.54, 1.807) is 35.2 Å². The monoisotopic (exact) mass is 417 g/mol. The first-order chi connectivity index (χ1) is 14.3. The molecule has 2 amide bonds. The molecular weight excluding hydrogens is 395 g/mol. The van der Waals surface area contributed by atoms with Gasteiger partial charge in [0.15, 0.2) is 0 Å². The summed E-state index contributed by atoms with van der Waals surface area (Å²) in [5, 5.41) is 2.84. The van der Waals surface area contributed by atoms with Crippen LogP contribution in [0.15, 0.2) is 48.5 Å². The van der Waals surface area contributed by atoms with Gasteiger partial charge in [-0.05, 0) is 55.3 Å². The quantitative estimate of drug-likeness (QED) is 0.818. The summed E-state index contributed by atoms with van der Waals surface area (Å²) in [5.41, 5.74) is 1.02. The molecule has 1 N–H and O–H groups in total. The molecule has 0 atom stereocenters. The number of rotatable bonds is 4. The maximum Gasteiger partial charge on any atom is 0.416 e. The van der Waals surface area contributed by atoms with Crippen molar-refractivity contribution in [3.8, 4) is 0 Å². The number of alkyl halides is 3. The van der Waals surface area contributed by atoms with Crippen LogP contribution < -0.4 is 10.2 Å². The highest BCUT2D eigenvalue weighted by Gasteiger charge is 2.31. The first-order valence-corrected chi connectivity index (χ1v) is 9.94. The van der Waals surface area contributed by atoms with Gasteiger partial charge in [0.1, 0.15) is 0 Å². The summed E-state index contributed by atoms with van der Waals surface area (Å²) in [5.74, 6) is -0.00187. The number of anilines is 2. The second-order valence-electron chi connectivity index (χ2n) is 7.67. The molecule has 1 heterocycles. The number of piperazine rings is 1. The van der Waals surface area contributed by atoms with Crippen LogP contribution in [0.3, 0.4) is 0 Å². The van der Waals surface area contributed by atoms with Gasteiger partial charge in [0.2, 0.25) is 5.91 Å². The van der Waals surface area contributed by atoms with Crippen molar-refractivity contribution in [2.75, 3.05) is 36.4 Å². The highest BCUT2D eigenvalue weighted by atomic mass is 19.4. The lowest BCUT2D eigenvalue weighted by Crippen LogP contribution is -2.48. The number of hydrogen-bond donors (Lipinski definition) is 1. The Hall–Kier alpha value is -3.03. The Morgan fingerprint density at radius 1 is 0.933 bits per heavy atom. The second-order valence-corrected chi connectivity index (χ2v) is 7.67. The third-order valence-electron chi connectivity index (χ3n) is 5.45. The van der Waals surface area contributed by atoms with E-state index in [0.717, 1.165) is 25.0 Å². The van der Waals surface area contributed by atoms with E-state index >= 15 is 0 Å². The lowest BCUT2D eigenvalue weighted by Gasteiger charge is -2.36. The fourth-order valence-electron chi connectivity index (χ4n) is 3.52. The Kier molecular flexibility index (Phi) is 5.40. The van der Waals surface area contributed by atoms with Crippen LogP contribution in [0.5, 0.6) is 0 Å². The van der Waals surface area contributed by atoms with Crippen molar-refractivity contribution in [3.63, 3.8) is 0 Å². The Morgan fingerprint density at radius 3 is 2.20 bits per heavy atom. The topological polar surface area (TPSA) is 52.7 Å². The highest BCUT2D eigenvalue weighted by molar-refractivity contribution is 5.97. The van der Waals surface area contributed by atoms with Gasteiger partial charge < -0.3 is 15.1 Å². The van der Waals surface area contributed by atoms with Gasteiger partial charge in [0.25, 0.3) is 5.91 Å². The van der Waals surface area contributed by atoms with Crippen LogP contribution in [0.2, 0.25) is 0 Å². The van der Waals surface area contributed by atoms with E-state index in [9.17, 15) is 22.8 Å². The third-order valence-corrected chi connectivity index (χ3v) is 5.45. The lowest BCUT2D eigenvalue weighted by molar-refractivity contribution is -0.137. The maximum atomic E-state index is 12.9. The Balaban J connectivity index is 1.34. The van der Waals surface area contributed by atoms with Gasteiger partial charge in [-0.15, -0.1) is 0 Å². The molecule has 2 aromatic rings. The van der Waals surface area contributed by atoms with Gasteiger partial charge in [-0.2, -0.15) is 13.2 Å². The molecule has 5 nitrogen and oxygen atoms in total. The number of nitrogens with zero attached hydrogens (tertiary/aromatic N) is 2. The summed E-state index contributed by atoms with van der Waals surface area (Å²) in [7, 11) is 0. The number of nitrogens with one attached hydrogen (secondary N) is 1. The Labute approximate surface area is 172 Å². The zero-order valence-electron chi connectivity index (χ0n) is 16.3. The second kappa shape index (κ2) is 8.01. The zero-order chi connectivity index (χ0) is 21.3. The number of amides is 2. The smallest absolute Gasteiger partial charge is 0.368 e. The molecular formula is C22H22F3N3O2. The van der Waals surface area contributed by atoms with Crippen LogP contribution in [0.4, 0.5) is 24.5 Å². The van der Waals surface area contributed by atoms with Crippen molar-refractivity contribution in [2.45, 2.75) is 19.0 Å². The van der Waals surface area contributed by atoms with Crippen LogP contribution in [0.1, 0.15) is 28.8 Å². The summed E-state index contributed by atoms with van der Waals surface area (Å²) in [4.78, 5) is 28.1. The average Bonchev–Trinajstić information content (AvgIpc) is 3.59. The van der Waals surface area contributed by atoms with Gasteiger partial charge in [0, 0.05) is 49.0 Å². The van der Waals surface area contributed by atoms with E-state index in [2.05, 4.69) is 5.32 Å². The minimum Gasteiger partial charge on any atom is -0.368 e. The first-order valence-electron chi connectivity index (χ1n) is 9.94. The van der Waals surface area contributed by atoms with E-state index in [1.165, 1.54) is 6.07 Å². The van der Waals surface area contributed by atoms with Gasteiger partial charge in [-0.1, -0.05) is 6.07 Å². The Morgan fingerprint density at radius 2 is 1.60 bits per heavy atom. The van der Waals surface area contributed by atoms with Crippen LogP contribution in [-0.4, -0.2) is 42.9 Å². The van der Waals surface area contributed by atoms with E-state index in [0.29, 0.717) is 43.1 Å². The number of carbonyl (C=O) groups excluding carboxylic acids is 2. The summed E-state index contributed by atoms with van der Waals surface area (Å²) in [6, 6.07) is 12.1. The number of hydrogen-bond acceptors (Lipinski definition) is 3. The standard InChI is InChI=1S/C22H22F3N3O2/c23-22(24,25)17-2-1-3-19(14-17)27-10-12-28(13-11-27)21(30)16-6-8-18(9-7-16)26-20(29)15-4-5-15/h1-3,6-9,14-15H,4-5,10-13H2,(H,26,29).